The van der Waals surface area contributed by atoms with Crippen molar-refractivity contribution >= 4 is 23.2 Å². The average Bonchev–Trinajstić information content (AvgIpc) is 3.01. The topological polar surface area (TPSA) is 43.2 Å². The van der Waals surface area contributed by atoms with E-state index in [1.165, 1.54) is 12.4 Å². The molecule has 0 bridgehead atoms. The molecule has 0 N–H and O–H groups in total. The monoisotopic (exact) mass is 363 g/mol. The highest BCUT2D eigenvalue weighted by atomic mass is 35.5. The van der Waals surface area contributed by atoms with E-state index in [1.807, 2.05) is 18.2 Å². The fourth-order valence-corrected chi connectivity index (χ4v) is 3.37. The maximum absolute atomic E-state index is 14.6. The Hall–Kier alpha value is -1.95. The van der Waals surface area contributed by atoms with E-state index in [1.54, 1.807) is 29.2 Å². The second-order valence-electron chi connectivity index (χ2n) is 5.63. The molecule has 0 aliphatic carbocycles. The normalized spacial score (nSPS) is 22.5. The van der Waals surface area contributed by atoms with E-state index < -0.39 is 11.4 Å². The average molecular weight is 364 g/mol. The van der Waals surface area contributed by atoms with Crippen LogP contribution in [0.4, 0.5) is 4.39 Å². The van der Waals surface area contributed by atoms with Crippen molar-refractivity contribution in [1.82, 2.24) is 14.8 Å². The molecule has 2 atom stereocenters. The lowest BCUT2D eigenvalue weighted by Gasteiger charge is -2.15. The maximum Gasteiger partial charge on any atom is 0.147 e. The lowest BCUT2D eigenvalue weighted by atomic mass is 9.91. The number of aromatic nitrogens is 3. The van der Waals surface area contributed by atoms with E-state index in [0.29, 0.717) is 22.2 Å². The van der Waals surface area contributed by atoms with Gasteiger partial charge in [-0.05, 0) is 18.2 Å². The predicted octanol–water partition coefficient (Wildman–Crippen LogP) is 4.39. The number of halogens is 3. The molecule has 2 unspecified atom stereocenters. The summed E-state index contributed by atoms with van der Waals surface area (Å²) in [4.78, 5) is 3.94. The van der Waals surface area contributed by atoms with Gasteiger partial charge in [0.2, 0.25) is 0 Å². The van der Waals surface area contributed by atoms with E-state index >= 15 is 0 Å². The summed E-state index contributed by atoms with van der Waals surface area (Å²) in [5.74, 6) is -0.419. The number of benzene rings is 2. The van der Waals surface area contributed by atoms with Crippen molar-refractivity contribution in [3.05, 3.63) is 82.1 Å². The molecular formula is C17H12Cl2FN3O. The van der Waals surface area contributed by atoms with Gasteiger partial charge in [-0.15, -0.1) is 0 Å². The van der Waals surface area contributed by atoms with Crippen LogP contribution in [0.5, 0.6) is 0 Å². The third-order valence-corrected chi connectivity index (χ3v) is 4.71. The van der Waals surface area contributed by atoms with Crippen LogP contribution in [0.3, 0.4) is 0 Å². The highest BCUT2D eigenvalue weighted by Gasteiger charge is 2.60. The van der Waals surface area contributed by atoms with Gasteiger partial charge in [-0.3, -0.25) is 0 Å². The Labute approximate surface area is 147 Å². The van der Waals surface area contributed by atoms with Crippen molar-refractivity contribution < 1.29 is 9.13 Å². The van der Waals surface area contributed by atoms with Crippen molar-refractivity contribution in [2.24, 2.45) is 0 Å². The molecule has 4 nitrogen and oxygen atoms in total. The van der Waals surface area contributed by atoms with Crippen LogP contribution in [-0.4, -0.2) is 14.8 Å². The highest BCUT2D eigenvalue weighted by molar-refractivity contribution is 6.31. The van der Waals surface area contributed by atoms with Gasteiger partial charge in [0.1, 0.15) is 30.2 Å². The van der Waals surface area contributed by atoms with Crippen LogP contribution in [0.25, 0.3) is 0 Å². The van der Waals surface area contributed by atoms with Gasteiger partial charge in [0.25, 0.3) is 0 Å². The fraction of sp³-hybridized carbons (Fsp3) is 0.176. The first kappa shape index (κ1) is 15.6. The zero-order valence-electron chi connectivity index (χ0n) is 12.4. The summed E-state index contributed by atoms with van der Waals surface area (Å²) in [5, 5.41) is 5.02. The number of nitrogens with zero attached hydrogens (tertiary/aromatic N) is 3. The third-order valence-electron chi connectivity index (χ3n) is 4.13. The smallest absolute Gasteiger partial charge is 0.147 e. The molecule has 4 rings (SSSR count). The molecule has 7 heteroatoms. The van der Waals surface area contributed by atoms with Crippen molar-refractivity contribution in [2.75, 3.05) is 0 Å². The molecular weight excluding hydrogens is 352 g/mol. The van der Waals surface area contributed by atoms with Crippen molar-refractivity contribution in [2.45, 2.75) is 18.2 Å². The first-order valence-electron chi connectivity index (χ1n) is 7.30. The van der Waals surface area contributed by atoms with Gasteiger partial charge < -0.3 is 4.74 Å². The molecule has 2 heterocycles. The van der Waals surface area contributed by atoms with Crippen LogP contribution in [0, 0.1) is 5.82 Å². The standard InChI is InChI=1S/C17H12Cl2FN3O/c18-11-5-6-13(15(20)7-11)17(8-23-10-21-9-22-23)16(24-17)12-3-1-2-4-14(12)19/h1-7,9-10,16H,8H2. The van der Waals surface area contributed by atoms with E-state index in [9.17, 15) is 4.39 Å². The Morgan fingerprint density at radius 2 is 2.04 bits per heavy atom. The van der Waals surface area contributed by atoms with Gasteiger partial charge in [-0.25, -0.2) is 14.1 Å². The SMILES string of the molecule is Fc1cc(Cl)ccc1C1(Cn2cncn2)OC1c1ccccc1Cl. The molecule has 1 aliphatic rings. The van der Waals surface area contributed by atoms with Crippen molar-refractivity contribution in [1.29, 1.82) is 0 Å². The molecule has 3 aromatic rings. The van der Waals surface area contributed by atoms with E-state index in [4.69, 9.17) is 27.9 Å². The molecule has 24 heavy (non-hydrogen) atoms. The van der Waals surface area contributed by atoms with E-state index in [0.717, 1.165) is 5.56 Å². The molecule has 0 radical (unpaired) electrons. The summed E-state index contributed by atoms with van der Waals surface area (Å²) < 4.78 is 22.2. The molecule has 1 aromatic heterocycles. The molecule has 122 valence electrons. The molecule has 1 fully saturated rings. The van der Waals surface area contributed by atoms with E-state index in [-0.39, 0.29) is 6.10 Å². The van der Waals surface area contributed by atoms with Gasteiger partial charge in [-0.1, -0.05) is 47.5 Å². The Kier molecular flexibility index (Phi) is 3.79. The molecule has 1 saturated heterocycles. The van der Waals surface area contributed by atoms with Gasteiger partial charge in [0.15, 0.2) is 0 Å². The highest BCUT2D eigenvalue weighted by Crippen LogP contribution is 2.59. The summed E-state index contributed by atoms with van der Waals surface area (Å²) in [6, 6.07) is 12.0. The van der Waals surface area contributed by atoms with Gasteiger partial charge in [0, 0.05) is 21.2 Å². The second-order valence-corrected chi connectivity index (χ2v) is 6.47. The maximum atomic E-state index is 14.6. The third kappa shape index (κ3) is 2.59. The van der Waals surface area contributed by atoms with Crippen LogP contribution in [0.2, 0.25) is 10.0 Å². The van der Waals surface area contributed by atoms with Gasteiger partial charge >= 0.3 is 0 Å². The number of epoxide rings is 1. The van der Waals surface area contributed by atoms with Crippen LogP contribution in [-0.2, 0) is 16.9 Å². The molecule has 2 aromatic carbocycles. The number of hydrogen-bond acceptors (Lipinski definition) is 3. The molecule has 0 amide bonds. The predicted molar refractivity (Wildman–Crippen MR) is 88.4 cm³/mol. The minimum atomic E-state index is -0.895. The summed E-state index contributed by atoms with van der Waals surface area (Å²) in [5.41, 5.74) is 0.342. The van der Waals surface area contributed by atoms with Crippen LogP contribution < -0.4 is 0 Å². The van der Waals surface area contributed by atoms with Crippen LogP contribution >= 0.6 is 23.2 Å². The molecule has 0 saturated carbocycles. The van der Waals surface area contributed by atoms with Crippen molar-refractivity contribution in [3.8, 4) is 0 Å². The number of rotatable bonds is 4. The quantitative estimate of drug-likeness (QED) is 0.645. The Balaban J connectivity index is 1.79. The van der Waals surface area contributed by atoms with Crippen LogP contribution in [0.15, 0.2) is 55.1 Å². The van der Waals surface area contributed by atoms with Crippen LogP contribution in [0.1, 0.15) is 17.2 Å². The zero-order valence-corrected chi connectivity index (χ0v) is 13.9. The largest absolute Gasteiger partial charge is 0.354 e. The first-order chi connectivity index (χ1) is 11.6. The Morgan fingerprint density at radius 1 is 1.21 bits per heavy atom. The summed E-state index contributed by atoms with van der Waals surface area (Å²) in [6.45, 7) is 0.321. The Morgan fingerprint density at radius 3 is 2.75 bits per heavy atom. The Bertz CT molecular complexity index is 887. The molecule has 1 aliphatic heterocycles. The summed E-state index contributed by atoms with van der Waals surface area (Å²) in [7, 11) is 0. The number of ether oxygens (including phenoxy) is 1. The minimum absolute atomic E-state index is 0.321. The lowest BCUT2D eigenvalue weighted by Crippen LogP contribution is -2.21. The van der Waals surface area contributed by atoms with Gasteiger partial charge in [-0.2, -0.15) is 5.10 Å². The molecule has 0 spiro atoms. The van der Waals surface area contributed by atoms with Crippen molar-refractivity contribution in [3.63, 3.8) is 0 Å². The fourth-order valence-electron chi connectivity index (χ4n) is 2.98. The lowest BCUT2D eigenvalue weighted by molar-refractivity contribution is 0.257. The first-order valence-corrected chi connectivity index (χ1v) is 8.06. The van der Waals surface area contributed by atoms with E-state index in [2.05, 4.69) is 10.1 Å². The second kappa shape index (κ2) is 5.84. The summed E-state index contributed by atoms with van der Waals surface area (Å²) >= 11 is 12.2. The number of hydrogen-bond donors (Lipinski definition) is 0. The summed E-state index contributed by atoms with van der Waals surface area (Å²) in [6.07, 6.45) is 2.63. The zero-order chi connectivity index (χ0) is 16.7. The van der Waals surface area contributed by atoms with Gasteiger partial charge in [0.05, 0.1) is 6.54 Å². The minimum Gasteiger partial charge on any atom is -0.354 e.